The van der Waals surface area contributed by atoms with Gasteiger partial charge in [0.05, 0.1) is 4.88 Å². The number of rotatable bonds is 2. The van der Waals surface area contributed by atoms with E-state index in [4.69, 9.17) is 5.11 Å². The summed E-state index contributed by atoms with van der Waals surface area (Å²) in [5.74, 6) is 5.29. The van der Waals surface area contributed by atoms with Gasteiger partial charge in [-0.15, -0.1) is 11.3 Å². The third-order valence-corrected chi connectivity index (χ3v) is 3.03. The summed E-state index contributed by atoms with van der Waals surface area (Å²) in [7, 11) is 0. The molecule has 0 radical (unpaired) electrons. The second kappa shape index (κ2) is 4.71. The lowest BCUT2D eigenvalue weighted by molar-refractivity contribution is 0.0701. The Labute approximate surface area is 100 Å². The second-order valence-corrected chi connectivity index (χ2v) is 5.68. The zero-order valence-corrected chi connectivity index (χ0v) is 10.9. The number of carboxylic acid groups (broad SMARTS) is 1. The summed E-state index contributed by atoms with van der Waals surface area (Å²) in [4.78, 5) is 12.2. The van der Waals surface area contributed by atoms with Crippen LogP contribution in [0.1, 0.15) is 47.8 Å². The van der Waals surface area contributed by atoms with Crippen LogP contribution in [-0.4, -0.2) is 11.1 Å². The van der Waals surface area contributed by atoms with Crippen LogP contribution in [0.25, 0.3) is 0 Å². The SMILES string of the molecule is CCc1cc(C#CC(C)(C)C)sc1C(=O)O. The summed E-state index contributed by atoms with van der Waals surface area (Å²) >= 11 is 1.26. The monoisotopic (exact) mass is 236 g/mol. The van der Waals surface area contributed by atoms with Crippen LogP contribution in [0.5, 0.6) is 0 Å². The first-order valence-electron chi connectivity index (χ1n) is 5.22. The van der Waals surface area contributed by atoms with Gasteiger partial charge in [0.15, 0.2) is 0 Å². The summed E-state index contributed by atoms with van der Waals surface area (Å²) in [6.45, 7) is 8.06. The molecule has 0 spiro atoms. The summed E-state index contributed by atoms with van der Waals surface area (Å²) in [5.41, 5.74) is 0.815. The predicted molar refractivity (Wildman–Crippen MR) is 67.0 cm³/mol. The predicted octanol–water partition coefficient (Wildman–Crippen LogP) is 3.41. The molecule has 0 aliphatic rings. The summed E-state index contributed by atoms with van der Waals surface area (Å²) in [6.07, 6.45) is 0.731. The van der Waals surface area contributed by atoms with E-state index < -0.39 is 5.97 Å². The molecule has 3 heteroatoms. The third-order valence-electron chi connectivity index (χ3n) is 1.94. The van der Waals surface area contributed by atoms with Crippen molar-refractivity contribution in [3.05, 3.63) is 21.4 Å². The average Bonchev–Trinajstić information content (AvgIpc) is 2.56. The molecule has 16 heavy (non-hydrogen) atoms. The molecule has 1 heterocycles. The van der Waals surface area contributed by atoms with Crippen LogP contribution >= 0.6 is 11.3 Å². The van der Waals surface area contributed by atoms with Gasteiger partial charge in [-0.05, 0) is 38.8 Å². The molecule has 86 valence electrons. The summed E-state index contributed by atoms with van der Waals surface area (Å²) < 4.78 is 0. The topological polar surface area (TPSA) is 37.3 Å². The molecule has 0 bridgehead atoms. The van der Waals surface area contributed by atoms with Gasteiger partial charge in [0.2, 0.25) is 0 Å². The van der Waals surface area contributed by atoms with Gasteiger partial charge in [-0.2, -0.15) is 0 Å². The minimum Gasteiger partial charge on any atom is -0.477 e. The molecule has 0 fully saturated rings. The normalized spacial score (nSPS) is 10.8. The highest BCUT2D eigenvalue weighted by Crippen LogP contribution is 2.23. The second-order valence-electron chi connectivity index (χ2n) is 4.62. The zero-order valence-electron chi connectivity index (χ0n) is 10.0. The molecule has 1 aromatic rings. The van der Waals surface area contributed by atoms with Crippen molar-refractivity contribution >= 4 is 17.3 Å². The van der Waals surface area contributed by atoms with Crippen LogP contribution in [0.15, 0.2) is 6.07 Å². The Kier molecular flexibility index (Phi) is 3.77. The fourth-order valence-corrected chi connectivity index (χ4v) is 2.13. The first-order valence-corrected chi connectivity index (χ1v) is 6.04. The highest BCUT2D eigenvalue weighted by Gasteiger charge is 2.13. The smallest absolute Gasteiger partial charge is 0.346 e. The molecule has 1 rings (SSSR count). The lowest BCUT2D eigenvalue weighted by Gasteiger charge is -2.06. The van der Waals surface area contributed by atoms with Crippen LogP contribution in [0.4, 0.5) is 0 Å². The largest absolute Gasteiger partial charge is 0.477 e. The van der Waals surface area contributed by atoms with E-state index in [0.717, 1.165) is 16.9 Å². The molecule has 0 aromatic carbocycles. The number of carboxylic acids is 1. The Balaban J connectivity index is 3.08. The highest BCUT2D eigenvalue weighted by molar-refractivity contribution is 7.14. The van der Waals surface area contributed by atoms with E-state index in [1.54, 1.807) is 0 Å². The maximum Gasteiger partial charge on any atom is 0.346 e. The minimum absolute atomic E-state index is 0.0558. The maximum atomic E-state index is 11.0. The molecule has 0 aliphatic carbocycles. The summed E-state index contributed by atoms with van der Waals surface area (Å²) in [5, 5.41) is 9.00. The van der Waals surface area contributed by atoms with Crippen molar-refractivity contribution in [1.82, 2.24) is 0 Å². The van der Waals surface area contributed by atoms with Crippen molar-refractivity contribution in [3.63, 3.8) is 0 Å². The van der Waals surface area contributed by atoms with Crippen molar-refractivity contribution in [2.75, 3.05) is 0 Å². The first kappa shape index (κ1) is 12.8. The molecule has 0 atom stereocenters. The number of hydrogen-bond donors (Lipinski definition) is 1. The Morgan fingerprint density at radius 3 is 2.50 bits per heavy atom. The van der Waals surface area contributed by atoms with Crippen molar-refractivity contribution < 1.29 is 9.90 Å². The van der Waals surface area contributed by atoms with Gasteiger partial charge in [0.25, 0.3) is 0 Å². The Bertz CT molecular complexity index is 453. The fourth-order valence-electron chi connectivity index (χ4n) is 1.18. The van der Waals surface area contributed by atoms with Gasteiger partial charge in [0.1, 0.15) is 4.88 Å². The molecule has 2 nitrogen and oxygen atoms in total. The quantitative estimate of drug-likeness (QED) is 0.799. The number of thiophene rings is 1. The summed E-state index contributed by atoms with van der Waals surface area (Å²) in [6, 6.07) is 1.88. The number of hydrogen-bond acceptors (Lipinski definition) is 2. The van der Waals surface area contributed by atoms with Crippen LogP contribution in [0, 0.1) is 17.3 Å². The van der Waals surface area contributed by atoms with Crippen LogP contribution in [-0.2, 0) is 6.42 Å². The van der Waals surface area contributed by atoms with Gasteiger partial charge in [-0.25, -0.2) is 4.79 Å². The number of aromatic carboxylic acids is 1. The van der Waals surface area contributed by atoms with Gasteiger partial charge < -0.3 is 5.11 Å². The lowest BCUT2D eigenvalue weighted by Crippen LogP contribution is -1.98. The van der Waals surface area contributed by atoms with Crippen molar-refractivity contribution in [2.45, 2.75) is 34.1 Å². The van der Waals surface area contributed by atoms with Gasteiger partial charge in [0, 0.05) is 5.41 Å². The standard InChI is InChI=1S/C13H16O2S/c1-5-9-8-10(6-7-13(2,3)4)16-11(9)12(14)15/h8H,5H2,1-4H3,(H,14,15). The molecular weight excluding hydrogens is 220 g/mol. The van der Waals surface area contributed by atoms with E-state index in [0.29, 0.717) is 4.88 Å². The highest BCUT2D eigenvalue weighted by atomic mass is 32.1. The molecule has 1 N–H and O–H groups in total. The minimum atomic E-state index is -0.856. The molecule has 0 unspecified atom stereocenters. The number of carbonyl (C=O) groups is 1. The molecule has 0 saturated carbocycles. The van der Waals surface area contributed by atoms with E-state index in [1.165, 1.54) is 11.3 Å². The number of aryl methyl sites for hydroxylation is 1. The molecule has 0 amide bonds. The Morgan fingerprint density at radius 2 is 2.12 bits per heavy atom. The lowest BCUT2D eigenvalue weighted by atomic mass is 9.98. The van der Waals surface area contributed by atoms with E-state index in [1.807, 2.05) is 33.8 Å². The fraction of sp³-hybridized carbons (Fsp3) is 0.462. The van der Waals surface area contributed by atoms with Crippen molar-refractivity contribution in [3.8, 4) is 11.8 Å². The maximum absolute atomic E-state index is 11.0. The first-order chi connectivity index (χ1) is 7.33. The van der Waals surface area contributed by atoms with Crippen LogP contribution < -0.4 is 0 Å². The van der Waals surface area contributed by atoms with Crippen molar-refractivity contribution in [2.24, 2.45) is 5.41 Å². The molecule has 0 aliphatic heterocycles. The van der Waals surface area contributed by atoms with E-state index >= 15 is 0 Å². The molecule has 1 aromatic heterocycles. The third kappa shape index (κ3) is 3.39. The van der Waals surface area contributed by atoms with E-state index in [-0.39, 0.29) is 5.41 Å². The van der Waals surface area contributed by atoms with E-state index in [2.05, 4.69) is 11.8 Å². The van der Waals surface area contributed by atoms with Crippen LogP contribution in [0.2, 0.25) is 0 Å². The van der Waals surface area contributed by atoms with Gasteiger partial charge in [-0.1, -0.05) is 18.8 Å². The van der Waals surface area contributed by atoms with E-state index in [9.17, 15) is 4.79 Å². The van der Waals surface area contributed by atoms with Crippen molar-refractivity contribution in [1.29, 1.82) is 0 Å². The van der Waals surface area contributed by atoms with Crippen LogP contribution in [0.3, 0.4) is 0 Å². The molecule has 0 saturated heterocycles. The van der Waals surface area contributed by atoms with Gasteiger partial charge >= 0.3 is 5.97 Å². The Hall–Kier alpha value is -1.27. The zero-order chi connectivity index (χ0) is 12.3. The van der Waals surface area contributed by atoms with Gasteiger partial charge in [-0.3, -0.25) is 0 Å². The Morgan fingerprint density at radius 1 is 1.50 bits per heavy atom. The molecular formula is C13H16O2S. The average molecular weight is 236 g/mol.